The fourth-order valence-electron chi connectivity index (χ4n) is 6.34. The van der Waals surface area contributed by atoms with E-state index in [2.05, 4.69) is 62.5 Å². The van der Waals surface area contributed by atoms with Crippen LogP contribution in [0, 0.1) is 0 Å². The van der Waals surface area contributed by atoms with Crippen molar-refractivity contribution in [2.45, 2.75) is 192 Å². The Labute approximate surface area is 361 Å². The second-order valence-electron chi connectivity index (χ2n) is 15.4. The molecule has 344 valence electrons. The summed E-state index contributed by atoms with van der Waals surface area (Å²) in [5.41, 5.74) is 0. The molecular formula is C47H78O12S. The molecule has 0 saturated carbocycles. The summed E-state index contributed by atoms with van der Waals surface area (Å²) < 4.78 is 53.8. The molecule has 0 spiro atoms. The Morgan fingerprint density at radius 2 is 1.15 bits per heavy atom. The number of ether oxygens (including phenoxy) is 4. The van der Waals surface area contributed by atoms with Gasteiger partial charge in [0, 0.05) is 12.5 Å². The summed E-state index contributed by atoms with van der Waals surface area (Å²) in [6, 6.07) is 0. The molecule has 13 heteroatoms. The van der Waals surface area contributed by atoms with Gasteiger partial charge in [0.25, 0.3) is 10.1 Å². The first-order valence-electron chi connectivity index (χ1n) is 22.5. The van der Waals surface area contributed by atoms with Gasteiger partial charge in [0.15, 0.2) is 12.4 Å². The highest BCUT2D eigenvalue weighted by molar-refractivity contribution is 7.85. The molecule has 1 fully saturated rings. The minimum Gasteiger partial charge on any atom is -0.462 e. The number of esters is 2. The lowest BCUT2D eigenvalue weighted by molar-refractivity contribution is -0.297. The third-order valence-corrected chi connectivity index (χ3v) is 10.6. The predicted octanol–water partition coefficient (Wildman–Crippen LogP) is 9.11. The van der Waals surface area contributed by atoms with Crippen LogP contribution >= 0.6 is 0 Å². The van der Waals surface area contributed by atoms with Crippen molar-refractivity contribution in [2.24, 2.45) is 0 Å². The quantitative estimate of drug-likeness (QED) is 0.0117. The van der Waals surface area contributed by atoms with E-state index in [0.29, 0.717) is 6.42 Å². The lowest BCUT2D eigenvalue weighted by Crippen LogP contribution is -2.60. The SMILES string of the molecule is CCC/C=C/C/C=C/C/C=C/C/C=C/CCCCCC(=O)OC[C@H](CO[C@H]1O[C@H](CS(=O)(=O)O)[C@@H](O)C(O)C1O)OC(=O)/C=C/C=C/CCCCCCCCCCCCC. The highest BCUT2D eigenvalue weighted by atomic mass is 32.2. The molecule has 1 aliphatic heterocycles. The number of carbonyl (C=O) groups excluding carboxylic acids is 2. The van der Waals surface area contributed by atoms with Crippen LogP contribution in [0.4, 0.5) is 0 Å². The second-order valence-corrected chi connectivity index (χ2v) is 16.9. The lowest BCUT2D eigenvalue weighted by atomic mass is 10.00. The van der Waals surface area contributed by atoms with Crippen LogP contribution in [0.3, 0.4) is 0 Å². The summed E-state index contributed by atoms with van der Waals surface area (Å²) in [5, 5.41) is 30.8. The van der Waals surface area contributed by atoms with E-state index in [9.17, 15) is 37.9 Å². The van der Waals surface area contributed by atoms with Crippen molar-refractivity contribution in [3.8, 4) is 0 Å². The van der Waals surface area contributed by atoms with Crippen LogP contribution in [-0.2, 0) is 38.7 Å². The van der Waals surface area contributed by atoms with Gasteiger partial charge in [-0.3, -0.25) is 9.35 Å². The number of aliphatic hydroxyl groups is 3. The molecule has 4 N–H and O–H groups in total. The first kappa shape index (κ1) is 55.1. The normalized spacial score (nSPS) is 20.8. The molecule has 1 saturated heterocycles. The van der Waals surface area contributed by atoms with E-state index in [-0.39, 0.29) is 13.0 Å². The maximum absolute atomic E-state index is 12.7. The minimum absolute atomic E-state index is 0.158. The summed E-state index contributed by atoms with van der Waals surface area (Å²) in [7, 11) is -4.62. The molecule has 0 aliphatic carbocycles. The van der Waals surface area contributed by atoms with E-state index in [4.69, 9.17) is 18.9 Å². The van der Waals surface area contributed by atoms with E-state index in [1.165, 1.54) is 70.3 Å². The Kier molecular flexibility index (Phi) is 33.7. The smallest absolute Gasteiger partial charge is 0.331 e. The Morgan fingerprint density at radius 1 is 0.617 bits per heavy atom. The third kappa shape index (κ3) is 31.0. The number of aliphatic hydroxyl groups excluding tert-OH is 3. The third-order valence-electron chi connectivity index (χ3n) is 9.85. The Bertz CT molecular complexity index is 1390. The largest absolute Gasteiger partial charge is 0.462 e. The monoisotopic (exact) mass is 867 g/mol. The standard InChI is InChI=1S/C47H78O12S/c1-3-5-7-9-11-13-15-17-19-20-22-23-25-27-29-31-33-35-42(48)56-37-40(38-57-47-46(52)45(51)44(50)41(59-47)39-60(53,54)55)58-43(49)36-34-32-30-28-26-24-21-18-16-14-12-10-8-6-4-2/h7,9,13,15,19-20,23,25,30,32,34,36,40-41,44-47,50-52H,3-6,8,10-12,14,16-18,21-22,24,26-29,31,33,35,37-39H2,1-2H3,(H,53,54,55)/b9-7+,15-13+,20-19+,25-23+,32-30+,36-34+/t40-,41-,44-,45?,46?,47+/m1/s1. The molecule has 2 unspecified atom stereocenters. The van der Waals surface area contributed by atoms with Crippen molar-refractivity contribution >= 4 is 22.1 Å². The summed E-state index contributed by atoms with van der Waals surface area (Å²) in [5.74, 6) is -2.30. The second kappa shape index (κ2) is 36.7. The lowest BCUT2D eigenvalue weighted by Gasteiger charge is -2.40. The van der Waals surface area contributed by atoms with Gasteiger partial charge in [-0.1, -0.05) is 158 Å². The fourth-order valence-corrected chi connectivity index (χ4v) is 7.03. The highest BCUT2D eigenvalue weighted by Crippen LogP contribution is 2.24. The van der Waals surface area contributed by atoms with Crippen LogP contribution in [-0.4, -0.2) is 96.0 Å². The molecule has 1 rings (SSSR count). The molecule has 60 heavy (non-hydrogen) atoms. The van der Waals surface area contributed by atoms with E-state index in [1.807, 2.05) is 6.08 Å². The Morgan fingerprint density at radius 3 is 1.73 bits per heavy atom. The van der Waals surface area contributed by atoms with Gasteiger partial charge in [0.05, 0.1) is 6.61 Å². The van der Waals surface area contributed by atoms with Gasteiger partial charge >= 0.3 is 11.9 Å². The Balaban J connectivity index is 2.53. The summed E-state index contributed by atoms with van der Waals surface area (Å²) in [4.78, 5) is 25.3. The average Bonchev–Trinajstić information content (AvgIpc) is 3.21. The van der Waals surface area contributed by atoms with Gasteiger partial charge in [0.2, 0.25) is 0 Å². The van der Waals surface area contributed by atoms with Crippen molar-refractivity contribution in [3.63, 3.8) is 0 Å². The maximum atomic E-state index is 12.7. The van der Waals surface area contributed by atoms with Crippen molar-refractivity contribution in [1.29, 1.82) is 0 Å². The first-order chi connectivity index (χ1) is 29.0. The van der Waals surface area contributed by atoms with Crippen LogP contribution < -0.4 is 0 Å². The van der Waals surface area contributed by atoms with Gasteiger partial charge in [-0.05, 0) is 57.8 Å². The number of hydrogen-bond donors (Lipinski definition) is 4. The first-order valence-corrected chi connectivity index (χ1v) is 24.1. The van der Waals surface area contributed by atoms with E-state index < -0.39 is 71.2 Å². The van der Waals surface area contributed by atoms with Gasteiger partial charge in [0.1, 0.15) is 36.8 Å². The summed E-state index contributed by atoms with van der Waals surface area (Å²) in [6.45, 7) is 3.55. The molecule has 1 heterocycles. The predicted molar refractivity (Wildman–Crippen MR) is 238 cm³/mol. The van der Waals surface area contributed by atoms with Gasteiger partial charge in [-0.25, -0.2) is 4.79 Å². The van der Waals surface area contributed by atoms with Crippen LogP contribution in [0.5, 0.6) is 0 Å². The summed E-state index contributed by atoms with van der Waals surface area (Å²) >= 11 is 0. The molecule has 12 nitrogen and oxygen atoms in total. The molecule has 0 aromatic heterocycles. The van der Waals surface area contributed by atoms with Crippen LogP contribution in [0.15, 0.2) is 72.9 Å². The molecule has 0 aromatic carbocycles. The number of carbonyl (C=O) groups is 2. The molecule has 0 bridgehead atoms. The van der Waals surface area contributed by atoms with Crippen LogP contribution in [0.25, 0.3) is 0 Å². The van der Waals surface area contributed by atoms with E-state index in [0.717, 1.165) is 64.2 Å². The highest BCUT2D eigenvalue weighted by Gasteiger charge is 2.46. The van der Waals surface area contributed by atoms with Gasteiger partial charge < -0.3 is 34.3 Å². The molecule has 0 radical (unpaired) electrons. The summed E-state index contributed by atoms with van der Waals surface area (Å²) in [6.07, 6.45) is 37.2. The van der Waals surface area contributed by atoms with Crippen molar-refractivity contribution in [2.75, 3.05) is 19.0 Å². The molecule has 1 aliphatic rings. The number of unbranched alkanes of at least 4 members (excludes halogenated alkanes) is 15. The molecule has 0 aromatic rings. The van der Waals surface area contributed by atoms with Crippen molar-refractivity contribution in [1.82, 2.24) is 0 Å². The number of rotatable bonds is 36. The average molecular weight is 867 g/mol. The minimum atomic E-state index is -4.62. The van der Waals surface area contributed by atoms with E-state index >= 15 is 0 Å². The Hall–Kier alpha value is -2.91. The number of allylic oxidation sites excluding steroid dienone is 11. The topological polar surface area (TPSA) is 186 Å². The van der Waals surface area contributed by atoms with Gasteiger partial charge in [-0.15, -0.1) is 0 Å². The zero-order chi connectivity index (χ0) is 44.1. The van der Waals surface area contributed by atoms with E-state index in [1.54, 1.807) is 12.2 Å². The number of hydrogen-bond acceptors (Lipinski definition) is 11. The van der Waals surface area contributed by atoms with Gasteiger partial charge in [-0.2, -0.15) is 8.42 Å². The fraction of sp³-hybridized carbons (Fsp3) is 0.702. The van der Waals surface area contributed by atoms with Crippen LogP contribution in [0.1, 0.15) is 155 Å². The van der Waals surface area contributed by atoms with Crippen molar-refractivity contribution in [3.05, 3.63) is 72.9 Å². The zero-order valence-corrected chi connectivity index (χ0v) is 37.3. The van der Waals surface area contributed by atoms with Crippen LogP contribution in [0.2, 0.25) is 0 Å². The maximum Gasteiger partial charge on any atom is 0.331 e. The zero-order valence-electron chi connectivity index (χ0n) is 36.5. The molecule has 6 atom stereocenters. The molecular weight excluding hydrogens is 789 g/mol. The molecule has 0 amide bonds. The van der Waals surface area contributed by atoms with Crippen molar-refractivity contribution < 1.29 is 56.8 Å².